The summed E-state index contributed by atoms with van der Waals surface area (Å²) in [5.74, 6) is 0.211. The van der Waals surface area contributed by atoms with E-state index in [1.54, 1.807) is 0 Å². The van der Waals surface area contributed by atoms with Crippen LogP contribution in [0.2, 0.25) is 0 Å². The van der Waals surface area contributed by atoms with Gasteiger partial charge in [-0.2, -0.15) is 5.10 Å². The molecule has 5 heteroatoms. The smallest absolute Gasteiger partial charge is 0.222 e. The number of hydrogen-bond donors (Lipinski definition) is 2. The third-order valence-corrected chi connectivity index (χ3v) is 4.70. The van der Waals surface area contributed by atoms with E-state index in [2.05, 4.69) is 30.1 Å². The standard InChI is InChI=1S/C18H29N3O2/c1-15(2)7-9-18(14-22)8-4-10-21(13-18)17(23)6-3-5-16-11-19-20-12-16/h7,11-12,22H,3-6,8-10,13-14H2,1-2H3,(H,19,20). The first kappa shape index (κ1) is 17.7. The van der Waals surface area contributed by atoms with Gasteiger partial charge in [-0.3, -0.25) is 9.89 Å². The number of aliphatic hydroxyl groups excluding tert-OH is 1. The highest BCUT2D eigenvalue weighted by Crippen LogP contribution is 2.34. The van der Waals surface area contributed by atoms with E-state index >= 15 is 0 Å². The van der Waals surface area contributed by atoms with Gasteiger partial charge in [0.25, 0.3) is 0 Å². The second-order valence-corrected chi connectivity index (χ2v) is 7.02. The number of aryl methyl sites for hydroxylation is 1. The summed E-state index contributed by atoms with van der Waals surface area (Å²) in [5, 5.41) is 16.6. The average Bonchev–Trinajstić information content (AvgIpc) is 3.06. The van der Waals surface area contributed by atoms with Crippen LogP contribution in [0.25, 0.3) is 0 Å². The molecule has 2 N–H and O–H groups in total. The van der Waals surface area contributed by atoms with Gasteiger partial charge in [-0.15, -0.1) is 0 Å². The molecule has 128 valence electrons. The van der Waals surface area contributed by atoms with Crippen LogP contribution >= 0.6 is 0 Å². The fourth-order valence-corrected chi connectivity index (χ4v) is 3.22. The number of rotatable bonds is 7. The Hall–Kier alpha value is -1.62. The van der Waals surface area contributed by atoms with Crippen molar-refractivity contribution in [2.75, 3.05) is 19.7 Å². The van der Waals surface area contributed by atoms with Crippen molar-refractivity contribution in [2.24, 2.45) is 5.41 Å². The van der Waals surface area contributed by atoms with Crippen molar-refractivity contribution < 1.29 is 9.90 Å². The van der Waals surface area contributed by atoms with Crippen molar-refractivity contribution in [3.05, 3.63) is 29.6 Å². The van der Waals surface area contributed by atoms with Crippen molar-refractivity contribution in [1.29, 1.82) is 0 Å². The Morgan fingerprint density at radius 1 is 1.52 bits per heavy atom. The normalized spacial score (nSPS) is 21.3. The van der Waals surface area contributed by atoms with Gasteiger partial charge in [-0.1, -0.05) is 11.6 Å². The summed E-state index contributed by atoms with van der Waals surface area (Å²) < 4.78 is 0. The van der Waals surface area contributed by atoms with Crippen molar-refractivity contribution in [2.45, 2.75) is 52.4 Å². The molecule has 1 fully saturated rings. The third-order valence-electron chi connectivity index (χ3n) is 4.70. The lowest BCUT2D eigenvalue weighted by Crippen LogP contribution is -2.47. The van der Waals surface area contributed by atoms with Crippen LogP contribution in [0.3, 0.4) is 0 Å². The molecule has 1 atom stereocenters. The molecule has 5 nitrogen and oxygen atoms in total. The highest BCUT2D eigenvalue weighted by atomic mass is 16.3. The summed E-state index contributed by atoms with van der Waals surface area (Å²) in [6.07, 6.45) is 11.0. The maximum Gasteiger partial charge on any atom is 0.222 e. The molecule has 1 unspecified atom stereocenters. The number of hydrogen-bond acceptors (Lipinski definition) is 3. The molecule has 0 spiro atoms. The summed E-state index contributed by atoms with van der Waals surface area (Å²) in [6, 6.07) is 0. The van der Waals surface area contributed by atoms with Crippen LogP contribution in [0.4, 0.5) is 0 Å². The highest BCUT2D eigenvalue weighted by molar-refractivity contribution is 5.76. The van der Waals surface area contributed by atoms with E-state index < -0.39 is 0 Å². The van der Waals surface area contributed by atoms with E-state index in [1.807, 2.05) is 17.3 Å². The van der Waals surface area contributed by atoms with Crippen LogP contribution in [-0.4, -0.2) is 45.8 Å². The summed E-state index contributed by atoms with van der Waals surface area (Å²) in [7, 11) is 0. The van der Waals surface area contributed by atoms with Gasteiger partial charge in [0.1, 0.15) is 0 Å². The molecule has 1 aromatic rings. The minimum Gasteiger partial charge on any atom is -0.396 e. The quantitative estimate of drug-likeness (QED) is 0.759. The SMILES string of the molecule is CC(C)=CCC1(CO)CCCN(C(=O)CCCc2cn[nH]c2)C1. The van der Waals surface area contributed by atoms with Gasteiger partial charge in [0.05, 0.1) is 12.8 Å². The molecule has 0 aromatic carbocycles. The zero-order valence-electron chi connectivity index (χ0n) is 14.3. The van der Waals surface area contributed by atoms with E-state index in [4.69, 9.17) is 0 Å². The van der Waals surface area contributed by atoms with Gasteiger partial charge in [0.2, 0.25) is 5.91 Å². The molecule has 1 saturated heterocycles. The van der Waals surface area contributed by atoms with Crippen molar-refractivity contribution in [3.8, 4) is 0 Å². The Labute approximate surface area is 138 Å². The molecule has 1 aromatic heterocycles. The number of aromatic nitrogens is 2. The first-order valence-electron chi connectivity index (χ1n) is 8.54. The third kappa shape index (κ3) is 5.20. The molecule has 2 rings (SSSR count). The number of nitrogens with zero attached hydrogens (tertiary/aromatic N) is 2. The van der Waals surface area contributed by atoms with Crippen LogP contribution in [0.1, 0.15) is 51.5 Å². The number of nitrogens with one attached hydrogen (secondary N) is 1. The molecular formula is C18H29N3O2. The summed E-state index contributed by atoms with van der Waals surface area (Å²) in [6.45, 7) is 5.80. The van der Waals surface area contributed by atoms with Gasteiger partial charge in [-0.25, -0.2) is 0 Å². The predicted octanol–water partition coefficient (Wildman–Crippen LogP) is 2.69. The second-order valence-electron chi connectivity index (χ2n) is 7.02. The number of aliphatic hydroxyl groups is 1. The maximum atomic E-state index is 12.5. The molecule has 1 aliphatic rings. The Morgan fingerprint density at radius 3 is 3.00 bits per heavy atom. The Balaban J connectivity index is 1.86. The van der Waals surface area contributed by atoms with Gasteiger partial charge in [0, 0.05) is 31.1 Å². The highest BCUT2D eigenvalue weighted by Gasteiger charge is 2.35. The molecule has 2 heterocycles. The van der Waals surface area contributed by atoms with E-state index in [1.165, 1.54) is 5.57 Å². The minimum atomic E-state index is -0.157. The summed E-state index contributed by atoms with van der Waals surface area (Å²) in [4.78, 5) is 14.4. The molecule has 0 bridgehead atoms. The second kappa shape index (κ2) is 8.29. The van der Waals surface area contributed by atoms with E-state index in [-0.39, 0.29) is 17.9 Å². The Kier molecular flexibility index (Phi) is 6.39. The number of H-pyrrole nitrogens is 1. The number of aromatic amines is 1. The molecule has 0 saturated carbocycles. The maximum absolute atomic E-state index is 12.5. The van der Waals surface area contributed by atoms with Crippen molar-refractivity contribution in [1.82, 2.24) is 15.1 Å². The Bertz CT molecular complexity index is 520. The van der Waals surface area contributed by atoms with Crippen LogP contribution in [-0.2, 0) is 11.2 Å². The fourth-order valence-electron chi connectivity index (χ4n) is 3.22. The van der Waals surface area contributed by atoms with E-state index in [0.717, 1.165) is 44.2 Å². The first-order valence-corrected chi connectivity index (χ1v) is 8.54. The molecule has 1 aliphatic heterocycles. The van der Waals surface area contributed by atoms with Crippen LogP contribution in [0, 0.1) is 5.41 Å². The number of allylic oxidation sites excluding steroid dienone is 2. The van der Waals surface area contributed by atoms with Gasteiger partial charge < -0.3 is 10.0 Å². The van der Waals surface area contributed by atoms with E-state index in [0.29, 0.717) is 13.0 Å². The lowest BCUT2D eigenvalue weighted by atomic mass is 9.77. The fraction of sp³-hybridized carbons (Fsp3) is 0.667. The number of piperidine rings is 1. The summed E-state index contributed by atoms with van der Waals surface area (Å²) in [5.41, 5.74) is 2.25. The van der Waals surface area contributed by atoms with E-state index in [9.17, 15) is 9.90 Å². The monoisotopic (exact) mass is 319 g/mol. The average molecular weight is 319 g/mol. The number of carbonyl (C=O) groups is 1. The first-order chi connectivity index (χ1) is 11.0. The van der Waals surface area contributed by atoms with Crippen molar-refractivity contribution >= 4 is 5.91 Å². The molecule has 0 radical (unpaired) electrons. The lowest BCUT2D eigenvalue weighted by Gasteiger charge is -2.41. The van der Waals surface area contributed by atoms with Crippen LogP contribution < -0.4 is 0 Å². The number of amides is 1. The molecule has 23 heavy (non-hydrogen) atoms. The molecule has 0 aliphatic carbocycles. The van der Waals surface area contributed by atoms with Gasteiger partial charge in [-0.05, 0) is 51.5 Å². The molecule has 1 amide bonds. The Morgan fingerprint density at radius 2 is 2.35 bits per heavy atom. The topological polar surface area (TPSA) is 69.2 Å². The molecular weight excluding hydrogens is 290 g/mol. The largest absolute Gasteiger partial charge is 0.396 e. The number of likely N-dealkylation sites (tertiary alicyclic amines) is 1. The summed E-state index contributed by atoms with van der Waals surface area (Å²) >= 11 is 0. The number of carbonyl (C=O) groups excluding carboxylic acids is 1. The van der Waals surface area contributed by atoms with Gasteiger partial charge >= 0.3 is 0 Å². The van der Waals surface area contributed by atoms with Gasteiger partial charge in [0.15, 0.2) is 0 Å². The zero-order valence-corrected chi connectivity index (χ0v) is 14.3. The predicted molar refractivity (Wildman–Crippen MR) is 90.9 cm³/mol. The zero-order chi connectivity index (χ0) is 16.7. The minimum absolute atomic E-state index is 0.148. The van der Waals surface area contributed by atoms with Crippen LogP contribution in [0.15, 0.2) is 24.0 Å². The van der Waals surface area contributed by atoms with Crippen LogP contribution in [0.5, 0.6) is 0 Å². The van der Waals surface area contributed by atoms with Crippen molar-refractivity contribution in [3.63, 3.8) is 0 Å². The lowest BCUT2D eigenvalue weighted by molar-refractivity contribution is -0.135.